The molecule has 2 aliphatic rings. The number of anilines is 1. The first-order valence-corrected chi connectivity index (χ1v) is 9.27. The summed E-state index contributed by atoms with van der Waals surface area (Å²) in [6.07, 6.45) is 6.16. The molecule has 2 heterocycles. The highest BCUT2D eigenvalue weighted by Gasteiger charge is 2.41. The third-order valence-corrected chi connectivity index (χ3v) is 5.51. The molecular weight excluding hydrogens is 411 g/mol. The molecule has 0 amide bonds. The van der Waals surface area contributed by atoms with E-state index in [-0.39, 0.29) is 29.7 Å². The molecule has 1 saturated heterocycles. The predicted octanol–water partition coefficient (Wildman–Crippen LogP) is 5.79. The average molecular weight is 433 g/mol. The van der Waals surface area contributed by atoms with Crippen molar-refractivity contribution in [2.45, 2.75) is 54.8 Å². The maximum Gasteiger partial charge on any atom is 0.321 e. The molecule has 1 N–H and O–H groups in total. The van der Waals surface area contributed by atoms with Crippen LogP contribution in [0.5, 0.6) is 0 Å². The molecule has 126 valence electrons. The highest BCUT2D eigenvalue weighted by atomic mass is 127. The molecule has 1 aromatic carbocycles. The van der Waals surface area contributed by atoms with E-state index in [1.807, 2.05) is 6.08 Å². The van der Waals surface area contributed by atoms with Gasteiger partial charge in [-0.05, 0) is 31.4 Å². The van der Waals surface area contributed by atoms with Crippen molar-refractivity contribution in [3.63, 3.8) is 0 Å². The van der Waals surface area contributed by atoms with E-state index >= 15 is 0 Å². The Morgan fingerprint density at radius 3 is 2.87 bits per heavy atom. The summed E-state index contributed by atoms with van der Waals surface area (Å²) in [4.78, 5) is 0. The molecule has 0 radical (unpaired) electrons. The summed E-state index contributed by atoms with van der Waals surface area (Å²) in [6.45, 7) is 6.07. The van der Waals surface area contributed by atoms with Gasteiger partial charge in [0.2, 0.25) is 0 Å². The minimum atomic E-state index is -2.87. The van der Waals surface area contributed by atoms with Crippen LogP contribution >= 0.6 is 22.6 Å². The molecular formula is C18H22F2INO. The van der Waals surface area contributed by atoms with Gasteiger partial charge in [-0.2, -0.15) is 8.78 Å². The SMILES string of the molecule is C=C[C@@H]1Nc2ccc(C(F)(F)I)cc2[C@H]2O[C@@H](CCC)CC[C@@H]12. The molecule has 0 spiro atoms. The molecule has 1 aromatic rings. The highest BCUT2D eigenvalue weighted by Crippen LogP contribution is 2.48. The largest absolute Gasteiger partial charge is 0.378 e. The zero-order chi connectivity index (χ0) is 16.6. The zero-order valence-corrected chi connectivity index (χ0v) is 15.4. The van der Waals surface area contributed by atoms with E-state index in [2.05, 4.69) is 18.8 Å². The molecule has 0 unspecified atom stereocenters. The van der Waals surface area contributed by atoms with Crippen LogP contribution in [0.1, 0.15) is 49.8 Å². The fourth-order valence-electron chi connectivity index (χ4n) is 3.74. The Morgan fingerprint density at radius 2 is 2.22 bits per heavy atom. The van der Waals surface area contributed by atoms with Gasteiger partial charge in [-0.15, -0.1) is 6.58 Å². The number of fused-ring (bicyclic) bond motifs is 3. The van der Waals surface area contributed by atoms with Gasteiger partial charge in [-0.1, -0.05) is 25.5 Å². The predicted molar refractivity (Wildman–Crippen MR) is 97.2 cm³/mol. The Bertz CT molecular complexity index is 587. The number of hydrogen-bond acceptors (Lipinski definition) is 2. The number of rotatable bonds is 4. The minimum absolute atomic E-state index is 0.0377. The first-order valence-electron chi connectivity index (χ1n) is 8.19. The average Bonchev–Trinajstić information content (AvgIpc) is 2.53. The fourth-order valence-corrected chi connectivity index (χ4v) is 4.07. The quantitative estimate of drug-likeness (QED) is 0.369. The monoisotopic (exact) mass is 433 g/mol. The van der Waals surface area contributed by atoms with Crippen molar-refractivity contribution in [1.82, 2.24) is 0 Å². The van der Waals surface area contributed by atoms with Crippen LogP contribution in [0.3, 0.4) is 0 Å². The van der Waals surface area contributed by atoms with Crippen molar-refractivity contribution in [3.8, 4) is 0 Å². The van der Waals surface area contributed by atoms with Gasteiger partial charge in [0.15, 0.2) is 0 Å². The summed E-state index contributed by atoms with van der Waals surface area (Å²) in [6, 6.07) is 4.98. The van der Waals surface area contributed by atoms with Gasteiger partial charge in [-0.25, -0.2) is 0 Å². The van der Waals surface area contributed by atoms with E-state index in [1.165, 1.54) is 28.7 Å². The summed E-state index contributed by atoms with van der Waals surface area (Å²) in [7, 11) is 0. The van der Waals surface area contributed by atoms with Crippen LogP contribution in [0.4, 0.5) is 14.5 Å². The lowest BCUT2D eigenvalue weighted by molar-refractivity contribution is -0.0923. The first-order chi connectivity index (χ1) is 10.9. The van der Waals surface area contributed by atoms with Gasteiger partial charge in [0.05, 0.1) is 12.2 Å². The minimum Gasteiger partial charge on any atom is -0.378 e. The van der Waals surface area contributed by atoms with Crippen LogP contribution in [-0.2, 0) is 8.67 Å². The van der Waals surface area contributed by atoms with Crippen LogP contribution in [0.15, 0.2) is 30.9 Å². The van der Waals surface area contributed by atoms with E-state index < -0.39 is 3.93 Å². The third kappa shape index (κ3) is 3.40. The van der Waals surface area contributed by atoms with Crippen LogP contribution in [0.2, 0.25) is 0 Å². The van der Waals surface area contributed by atoms with Gasteiger partial charge in [0.1, 0.15) is 0 Å². The number of ether oxygens (including phenoxy) is 1. The van der Waals surface area contributed by atoms with Crippen molar-refractivity contribution in [2.75, 3.05) is 5.32 Å². The molecule has 0 aromatic heterocycles. The van der Waals surface area contributed by atoms with Gasteiger partial charge in [0, 0.05) is 51.4 Å². The topological polar surface area (TPSA) is 21.3 Å². The second kappa shape index (κ2) is 6.67. The Hall–Kier alpha value is -0.690. The van der Waals surface area contributed by atoms with E-state index in [0.29, 0.717) is 0 Å². The molecule has 0 bridgehead atoms. The van der Waals surface area contributed by atoms with Gasteiger partial charge < -0.3 is 10.1 Å². The van der Waals surface area contributed by atoms with Crippen LogP contribution in [-0.4, -0.2) is 12.1 Å². The first kappa shape index (κ1) is 17.1. The lowest BCUT2D eigenvalue weighted by Crippen LogP contribution is -2.42. The third-order valence-electron chi connectivity index (χ3n) is 4.88. The van der Waals surface area contributed by atoms with Crippen molar-refractivity contribution < 1.29 is 13.5 Å². The lowest BCUT2D eigenvalue weighted by Gasteiger charge is -2.45. The summed E-state index contributed by atoms with van der Waals surface area (Å²) < 4.78 is 30.9. The van der Waals surface area contributed by atoms with E-state index in [1.54, 1.807) is 12.1 Å². The Kier molecular flexibility index (Phi) is 4.97. The fraction of sp³-hybridized carbons (Fsp3) is 0.556. The van der Waals surface area contributed by atoms with Crippen molar-refractivity contribution in [3.05, 3.63) is 42.0 Å². The smallest absolute Gasteiger partial charge is 0.321 e. The molecule has 2 aliphatic heterocycles. The summed E-state index contributed by atoms with van der Waals surface area (Å²) in [5.74, 6) is 0.256. The van der Waals surface area contributed by atoms with E-state index in [9.17, 15) is 8.78 Å². The van der Waals surface area contributed by atoms with Gasteiger partial charge in [0.25, 0.3) is 0 Å². The Labute approximate surface area is 149 Å². The molecule has 0 saturated carbocycles. The molecule has 4 atom stereocenters. The van der Waals surface area contributed by atoms with E-state index in [4.69, 9.17) is 4.74 Å². The maximum absolute atomic E-state index is 13.7. The molecule has 2 nitrogen and oxygen atoms in total. The number of hydrogen-bond donors (Lipinski definition) is 1. The summed E-state index contributed by atoms with van der Waals surface area (Å²) in [5.41, 5.74) is 1.79. The Morgan fingerprint density at radius 1 is 1.43 bits per heavy atom. The normalized spacial score (nSPS) is 30.1. The maximum atomic E-state index is 13.7. The summed E-state index contributed by atoms with van der Waals surface area (Å²) in [5, 5.41) is 3.43. The van der Waals surface area contributed by atoms with Crippen LogP contribution < -0.4 is 5.32 Å². The second-order valence-corrected chi connectivity index (χ2v) is 7.77. The van der Waals surface area contributed by atoms with Crippen molar-refractivity contribution in [2.24, 2.45) is 5.92 Å². The number of nitrogens with one attached hydrogen (secondary N) is 1. The highest BCUT2D eigenvalue weighted by molar-refractivity contribution is 14.1. The molecule has 1 fully saturated rings. The standard InChI is InChI=1S/C18H22F2INO/c1-3-5-12-7-8-13-15(4-2)22-16-9-6-11(18(19,20)21)10-14(16)17(13)23-12/h4,6,9-10,12-13,15,17,22H,2-3,5,7-8H2,1H3/t12-,13-,15-,17-/m0/s1. The van der Waals surface area contributed by atoms with Crippen LogP contribution in [0.25, 0.3) is 0 Å². The Balaban J connectivity index is 1.98. The van der Waals surface area contributed by atoms with Crippen LogP contribution in [0, 0.1) is 5.92 Å². The second-order valence-electron chi connectivity index (χ2n) is 6.41. The van der Waals surface area contributed by atoms with E-state index in [0.717, 1.165) is 36.9 Å². The molecule has 5 heteroatoms. The molecule has 0 aliphatic carbocycles. The number of benzene rings is 1. The number of alkyl halides is 3. The zero-order valence-electron chi connectivity index (χ0n) is 13.2. The molecule has 3 rings (SSSR count). The molecule has 23 heavy (non-hydrogen) atoms. The lowest BCUT2D eigenvalue weighted by atomic mass is 9.78. The van der Waals surface area contributed by atoms with Gasteiger partial charge >= 0.3 is 3.93 Å². The summed E-state index contributed by atoms with van der Waals surface area (Å²) >= 11 is 1.18. The number of halogens is 3. The van der Waals surface area contributed by atoms with Gasteiger partial charge in [-0.3, -0.25) is 0 Å². The van der Waals surface area contributed by atoms with Crippen molar-refractivity contribution >= 4 is 28.3 Å². The van der Waals surface area contributed by atoms with Crippen molar-refractivity contribution in [1.29, 1.82) is 0 Å².